The minimum atomic E-state index is -0.372. The van der Waals surface area contributed by atoms with Gasteiger partial charge >= 0.3 is 0 Å². The Morgan fingerprint density at radius 3 is 2.70 bits per heavy atom. The lowest BCUT2D eigenvalue weighted by Crippen LogP contribution is -2.48. The fourth-order valence-electron chi connectivity index (χ4n) is 2.61. The number of nitrogens with two attached hydrogens (primary N) is 1. The normalized spacial score (nSPS) is 22.6. The van der Waals surface area contributed by atoms with E-state index in [1.807, 2.05) is 6.92 Å². The molecule has 1 aromatic carbocycles. The molecule has 1 fully saturated rings. The van der Waals surface area contributed by atoms with Crippen molar-refractivity contribution in [3.63, 3.8) is 0 Å². The Labute approximate surface area is 118 Å². The van der Waals surface area contributed by atoms with E-state index in [4.69, 9.17) is 5.73 Å². The predicted octanol–water partition coefficient (Wildman–Crippen LogP) is 1.43. The third-order valence-electron chi connectivity index (χ3n) is 4.01. The molecule has 2 unspecified atom stereocenters. The first-order valence-electron chi connectivity index (χ1n) is 6.80. The van der Waals surface area contributed by atoms with Crippen LogP contribution in [0.3, 0.4) is 0 Å². The van der Waals surface area contributed by atoms with Crippen molar-refractivity contribution in [1.29, 1.82) is 0 Å². The fourth-order valence-corrected chi connectivity index (χ4v) is 2.61. The van der Waals surface area contributed by atoms with Crippen molar-refractivity contribution in [2.24, 2.45) is 11.7 Å². The molecule has 1 heterocycles. The lowest BCUT2D eigenvalue weighted by molar-refractivity contribution is -0.123. The van der Waals surface area contributed by atoms with Crippen LogP contribution in [0, 0.1) is 12.8 Å². The average molecular weight is 276 g/mol. The van der Waals surface area contributed by atoms with Gasteiger partial charge < -0.3 is 15.7 Å². The summed E-state index contributed by atoms with van der Waals surface area (Å²) in [5.74, 6) is -0.916. The smallest absolute Gasteiger partial charge is 0.257 e. The van der Waals surface area contributed by atoms with Gasteiger partial charge in [0.25, 0.3) is 5.91 Å². The van der Waals surface area contributed by atoms with E-state index in [1.54, 1.807) is 30.0 Å². The van der Waals surface area contributed by atoms with Gasteiger partial charge in [-0.15, -0.1) is 0 Å². The monoisotopic (exact) mass is 276 g/mol. The number of carbonyl (C=O) groups excluding carboxylic acids is 2. The molecule has 2 amide bonds. The predicted molar refractivity (Wildman–Crippen MR) is 75.3 cm³/mol. The molecule has 2 rings (SSSR count). The van der Waals surface area contributed by atoms with E-state index < -0.39 is 0 Å². The summed E-state index contributed by atoms with van der Waals surface area (Å²) in [6, 6.07) is 5.13. The number of phenols is 1. The standard InChI is InChI=1S/C15H20N2O3/c1-9-4-3-5-12(13(9)18)15(20)17-8-11(14(16)19)7-6-10(17)2/h3-5,10-11,18H,6-8H2,1-2H3,(H2,16,19). The minimum Gasteiger partial charge on any atom is -0.507 e. The molecule has 1 saturated heterocycles. The van der Waals surface area contributed by atoms with E-state index >= 15 is 0 Å². The highest BCUT2D eigenvalue weighted by molar-refractivity contribution is 5.97. The molecule has 20 heavy (non-hydrogen) atoms. The summed E-state index contributed by atoms with van der Waals surface area (Å²) in [4.78, 5) is 25.5. The number of aryl methyl sites for hydroxylation is 1. The molecule has 3 N–H and O–H groups in total. The summed E-state index contributed by atoms with van der Waals surface area (Å²) < 4.78 is 0. The number of benzene rings is 1. The topological polar surface area (TPSA) is 83.6 Å². The number of nitrogens with zero attached hydrogens (tertiary/aromatic N) is 1. The van der Waals surface area contributed by atoms with E-state index in [1.165, 1.54) is 0 Å². The number of aromatic hydroxyl groups is 1. The largest absolute Gasteiger partial charge is 0.507 e. The van der Waals surface area contributed by atoms with Crippen LogP contribution in [0.1, 0.15) is 35.7 Å². The average Bonchev–Trinajstić information content (AvgIpc) is 2.41. The van der Waals surface area contributed by atoms with Gasteiger partial charge in [-0.1, -0.05) is 12.1 Å². The highest BCUT2D eigenvalue weighted by Crippen LogP contribution is 2.28. The number of hydrogen-bond acceptors (Lipinski definition) is 3. The van der Waals surface area contributed by atoms with Crippen molar-refractivity contribution in [1.82, 2.24) is 4.90 Å². The Kier molecular flexibility index (Phi) is 3.97. The first-order valence-corrected chi connectivity index (χ1v) is 6.80. The molecule has 0 saturated carbocycles. The Hall–Kier alpha value is -2.04. The molecule has 1 aliphatic heterocycles. The van der Waals surface area contributed by atoms with Gasteiger partial charge in [-0.3, -0.25) is 9.59 Å². The van der Waals surface area contributed by atoms with Gasteiger partial charge in [0.2, 0.25) is 5.91 Å². The number of para-hydroxylation sites is 1. The van der Waals surface area contributed by atoms with Crippen LogP contribution >= 0.6 is 0 Å². The van der Waals surface area contributed by atoms with Gasteiger partial charge in [0.1, 0.15) is 5.75 Å². The van der Waals surface area contributed by atoms with Gasteiger partial charge in [-0.2, -0.15) is 0 Å². The van der Waals surface area contributed by atoms with Crippen LogP contribution in [-0.4, -0.2) is 34.4 Å². The third kappa shape index (κ3) is 2.61. The van der Waals surface area contributed by atoms with Gasteiger partial charge in [-0.25, -0.2) is 0 Å². The number of likely N-dealkylation sites (tertiary alicyclic amines) is 1. The van der Waals surface area contributed by atoms with E-state index in [2.05, 4.69) is 0 Å². The third-order valence-corrected chi connectivity index (χ3v) is 4.01. The second kappa shape index (κ2) is 5.53. The number of piperidine rings is 1. The summed E-state index contributed by atoms with van der Waals surface area (Å²) in [5.41, 5.74) is 6.28. The minimum absolute atomic E-state index is 0.00546. The Morgan fingerprint density at radius 1 is 1.35 bits per heavy atom. The van der Waals surface area contributed by atoms with Crippen LogP contribution in [0.15, 0.2) is 18.2 Å². The second-order valence-corrected chi connectivity index (χ2v) is 5.45. The summed E-state index contributed by atoms with van der Waals surface area (Å²) >= 11 is 0. The van der Waals surface area contributed by atoms with Crippen molar-refractivity contribution < 1.29 is 14.7 Å². The Bertz CT molecular complexity index is 542. The maximum atomic E-state index is 12.6. The molecule has 1 aromatic rings. The highest BCUT2D eigenvalue weighted by atomic mass is 16.3. The second-order valence-electron chi connectivity index (χ2n) is 5.45. The van der Waals surface area contributed by atoms with Crippen LogP contribution < -0.4 is 5.73 Å². The van der Waals surface area contributed by atoms with E-state index in [0.29, 0.717) is 18.5 Å². The zero-order valence-corrected chi connectivity index (χ0v) is 11.8. The molecular formula is C15H20N2O3. The lowest BCUT2D eigenvalue weighted by Gasteiger charge is -2.37. The Balaban J connectivity index is 2.26. The molecule has 0 bridgehead atoms. The number of rotatable bonds is 2. The molecular weight excluding hydrogens is 256 g/mol. The summed E-state index contributed by atoms with van der Waals surface area (Å²) in [6.07, 6.45) is 1.45. The zero-order valence-electron chi connectivity index (χ0n) is 11.8. The first kappa shape index (κ1) is 14.4. The maximum Gasteiger partial charge on any atom is 0.257 e. The maximum absolute atomic E-state index is 12.6. The molecule has 2 atom stereocenters. The molecule has 0 aliphatic carbocycles. The van der Waals surface area contributed by atoms with Crippen LogP contribution in [-0.2, 0) is 4.79 Å². The van der Waals surface area contributed by atoms with Crippen molar-refractivity contribution >= 4 is 11.8 Å². The molecule has 1 aliphatic rings. The highest BCUT2D eigenvalue weighted by Gasteiger charge is 2.33. The van der Waals surface area contributed by atoms with E-state index in [9.17, 15) is 14.7 Å². The number of amides is 2. The lowest BCUT2D eigenvalue weighted by atomic mass is 9.92. The Morgan fingerprint density at radius 2 is 2.05 bits per heavy atom. The number of hydrogen-bond donors (Lipinski definition) is 2. The molecule has 5 heteroatoms. The van der Waals surface area contributed by atoms with Crippen molar-refractivity contribution in [3.8, 4) is 5.75 Å². The van der Waals surface area contributed by atoms with Crippen LogP contribution in [0.25, 0.3) is 0 Å². The number of carbonyl (C=O) groups is 2. The van der Waals surface area contributed by atoms with E-state index in [-0.39, 0.29) is 35.1 Å². The summed E-state index contributed by atoms with van der Waals surface area (Å²) in [5, 5.41) is 10.0. The van der Waals surface area contributed by atoms with Gasteiger partial charge in [0.15, 0.2) is 0 Å². The van der Waals surface area contributed by atoms with Crippen molar-refractivity contribution in [2.75, 3.05) is 6.54 Å². The summed E-state index contributed by atoms with van der Waals surface area (Å²) in [7, 11) is 0. The van der Waals surface area contributed by atoms with Crippen LogP contribution in [0.5, 0.6) is 5.75 Å². The number of phenolic OH excluding ortho intramolecular Hbond substituents is 1. The van der Waals surface area contributed by atoms with Crippen molar-refractivity contribution in [3.05, 3.63) is 29.3 Å². The molecule has 5 nitrogen and oxygen atoms in total. The van der Waals surface area contributed by atoms with E-state index in [0.717, 1.165) is 6.42 Å². The van der Waals surface area contributed by atoms with Crippen LogP contribution in [0.4, 0.5) is 0 Å². The molecule has 108 valence electrons. The quantitative estimate of drug-likeness (QED) is 0.857. The fraction of sp³-hybridized carbons (Fsp3) is 0.467. The molecule has 0 aromatic heterocycles. The SMILES string of the molecule is Cc1cccc(C(=O)N2CC(C(N)=O)CCC2C)c1O. The first-order chi connectivity index (χ1) is 9.41. The van der Waals surface area contributed by atoms with Crippen LogP contribution in [0.2, 0.25) is 0 Å². The number of primary amides is 1. The van der Waals surface area contributed by atoms with Gasteiger partial charge in [-0.05, 0) is 38.3 Å². The summed E-state index contributed by atoms with van der Waals surface area (Å²) in [6.45, 7) is 4.02. The van der Waals surface area contributed by atoms with Gasteiger partial charge in [0.05, 0.1) is 11.5 Å². The van der Waals surface area contributed by atoms with Crippen molar-refractivity contribution in [2.45, 2.75) is 32.7 Å². The zero-order chi connectivity index (χ0) is 14.9. The molecule has 0 radical (unpaired) electrons. The molecule has 0 spiro atoms. The van der Waals surface area contributed by atoms with Gasteiger partial charge in [0, 0.05) is 12.6 Å².